The summed E-state index contributed by atoms with van der Waals surface area (Å²) in [7, 11) is 0. The number of nitrogens with one attached hydrogen (secondary N) is 2. The molecule has 0 spiro atoms. The summed E-state index contributed by atoms with van der Waals surface area (Å²) in [5, 5.41) is 9.42. The zero-order valence-electron chi connectivity index (χ0n) is 14.8. The summed E-state index contributed by atoms with van der Waals surface area (Å²) in [5.41, 5.74) is 2.09. The molecule has 0 aliphatic carbocycles. The van der Waals surface area contributed by atoms with Crippen LogP contribution in [-0.2, 0) is 9.57 Å². The fourth-order valence-corrected chi connectivity index (χ4v) is 2.39. The topological polar surface area (TPSA) is 98.5 Å². The lowest BCUT2D eigenvalue weighted by Crippen LogP contribution is -2.26. The Morgan fingerprint density at radius 2 is 2.14 bits per heavy atom. The number of halogens is 2. The molecule has 3 aromatic rings. The molecule has 2 aromatic carbocycles. The van der Waals surface area contributed by atoms with Crippen molar-refractivity contribution in [3.63, 3.8) is 0 Å². The van der Waals surface area contributed by atoms with Crippen molar-refractivity contribution in [1.29, 1.82) is 0 Å². The van der Waals surface area contributed by atoms with Crippen LogP contribution in [0.3, 0.4) is 0 Å². The number of anilines is 2. The standard InChI is InChI=1S/C18H16F2N4O4/c1-3-26-6-7-27-23-18(25)11-9-14-17(22-24-28-14)15(20)16(11)21-13-5-4-10(2)8-12(13)19/h3-5,8-9,21H,1,6-7H2,2H3,(H,23,25). The van der Waals surface area contributed by atoms with Crippen molar-refractivity contribution in [2.24, 2.45) is 0 Å². The van der Waals surface area contributed by atoms with Gasteiger partial charge in [0.2, 0.25) is 0 Å². The fourth-order valence-electron chi connectivity index (χ4n) is 2.39. The first kappa shape index (κ1) is 19.2. The number of hydrogen-bond acceptors (Lipinski definition) is 7. The molecular weight excluding hydrogens is 374 g/mol. The smallest absolute Gasteiger partial charge is 0.277 e. The molecule has 1 amide bonds. The quantitative estimate of drug-likeness (QED) is 0.346. The van der Waals surface area contributed by atoms with Gasteiger partial charge in [0.25, 0.3) is 5.91 Å². The Morgan fingerprint density at radius 3 is 2.89 bits per heavy atom. The van der Waals surface area contributed by atoms with Gasteiger partial charge in [-0.1, -0.05) is 12.6 Å². The van der Waals surface area contributed by atoms with E-state index < -0.39 is 17.5 Å². The summed E-state index contributed by atoms with van der Waals surface area (Å²) in [6, 6.07) is 5.58. The normalized spacial score (nSPS) is 10.7. The first-order chi connectivity index (χ1) is 13.5. The lowest BCUT2D eigenvalue weighted by Gasteiger charge is -2.14. The second-order valence-corrected chi connectivity index (χ2v) is 5.66. The Morgan fingerprint density at radius 1 is 1.32 bits per heavy atom. The second-order valence-electron chi connectivity index (χ2n) is 5.66. The lowest BCUT2D eigenvalue weighted by molar-refractivity contribution is 0.0145. The van der Waals surface area contributed by atoms with Crippen LogP contribution in [0.5, 0.6) is 0 Å². The summed E-state index contributed by atoms with van der Waals surface area (Å²) in [6.45, 7) is 5.27. The molecule has 0 atom stereocenters. The van der Waals surface area contributed by atoms with Gasteiger partial charge in [-0.25, -0.2) is 14.3 Å². The van der Waals surface area contributed by atoms with Gasteiger partial charge in [0.1, 0.15) is 19.0 Å². The molecular formula is C18H16F2N4O4. The molecule has 28 heavy (non-hydrogen) atoms. The van der Waals surface area contributed by atoms with Gasteiger partial charge in [-0.3, -0.25) is 9.63 Å². The van der Waals surface area contributed by atoms with E-state index in [9.17, 15) is 13.6 Å². The van der Waals surface area contributed by atoms with Crippen LogP contribution < -0.4 is 10.8 Å². The van der Waals surface area contributed by atoms with E-state index in [2.05, 4.69) is 27.7 Å². The molecule has 8 nitrogen and oxygen atoms in total. The molecule has 0 aliphatic rings. The third-order valence-electron chi connectivity index (χ3n) is 3.70. The van der Waals surface area contributed by atoms with Crippen molar-refractivity contribution in [3.8, 4) is 0 Å². The van der Waals surface area contributed by atoms with Crippen LogP contribution in [0.2, 0.25) is 0 Å². The highest BCUT2D eigenvalue weighted by Crippen LogP contribution is 2.31. The lowest BCUT2D eigenvalue weighted by atomic mass is 10.1. The van der Waals surface area contributed by atoms with E-state index in [0.29, 0.717) is 5.56 Å². The first-order valence-corrected chi connectivity index (χ1v) is 8.13. The number of aryl methyl sites for hydroxylation is 1. The Kier molecular flexibility index (Phi) is 5.80. The number of rotatable bonds is 8. The average molecular weight is 390 g/mol. The SMILES string of the molecule is C=COCCONC(=O)c1cc2onnc2c(F)c1Nc1ccc(C)cc1F. The van der Waals surface area contributed by atoms with Crippen molar-refractivity contribution in [3.05, 3.63) is 59.9 Å². The molecule has 1 aromatic heterocycles. The van der Waals surface area contributed by atoms with E-state index in [1.165, 1.54) is 24.5 Å². The predicted molar refractivity (Wildman–Crippen MR) is 95.7 cm³/mol. The number of aromatic nitrogens is 2. The van der Waals surface area contributed by atoms with Gasteiger partial charge in [0, 0.05) is 11.3 Å². The summed E-state index contributed by atoms with van der Waals surface area (Å²) in [6.07, 6.45) is 1.23. The van der Waals surface area contributed by atoms with Crippen LogP contribution in [0, 0.1) is 18.6 Å². The molecule has 0 fully saturated rings. The maximum absolute atomic E-state index is 14.9. The molecule has 146 valence electrons. The molecule has 10 heteroatoms. The monoisotopic (exact) mass is 390 g/mol. The molecule has 0 unspecified atom stereocenters. The number of carbonyl (C=O) groups excluding carboxylic acids is 1. The fraction of sp³-hybridized carbons (Fsp3) is 0.167. The maximum Gasteiger partial charge on any atom is 0.277 e. The van der Waals surface area contributed by atoms with E-state index in [1.807, 2.05) is 0 Å². The molecule has 0 saturated carbocycles. The summed E-state index contributed by atoms with van der Waals surface area (Å²) in [5.74, 6) is -2.31. The van der Waals surface area contributed by atoms with Gasteiger partial charge in [-0.2, -0.15) is 0 Å². The summed E-state index contributed by atoms with van der Waals surface area (Å²) < 4.78 is 38.8. The van der Waals surface area contributed by atoms with Gasteiger partial charge < -0.3 is 14.6 Å². The maximum atomic E-state index is 14.9. The molecule has 0 aliphatic heterocycles. The number of carbonyl (C=O) groups is 1. The third kappa shape index (κ3) is 4.07. The van der Waals surface area contributed by atoms with Crippen LogP contribution in [-0.4, -0.2) is 29.5 Å². The van der Waals surface area contributed by atoms with Crippen LogP contribution in [0.4, 0.5) is 20.2 Å². The molecule has 3 rings (SSSR count). The van der Waals surface area contributed by atoms with Gasteiger partial charge in [0.05, 0.1) is 23.2 Å². The first-order valence-electron chi connectivity index (χ1n) is 8.13. The van der Waals surface area contributed by atoms with Gasteiger partial charge in [0.15, 0.2) is 16.9 Å². The van der Waals surface area contributed by atoms with Crippen LogP contribution in [0.25, 0.3) is 11.1 Å². The number of ether oxygens (including phenoxy) is 1. The number of nitrogens with zero attached hydrogens (tertiary/aromatic N) is 2. The van der Waals surface area contributed by atoms with Gasteiger partial charge in [-0.05, 0) is 24.6 Å². The minimum absolute atomic E-state index is 0.0188. The average Bonchev–Trinajstić information content (AvgIpc) is 3.14. The predicted octanol–water partition coefficient (Wildman–Crippen LogP) is 3.37. The van der Waals surface area contributed by atoms with E-state index in [0.717, 1.165) is 0 Å². The molecule has 0 bridgehead atoms. The second kappa shape index (κ2) is 8.44. The highest BCUT2D eigenvalue weighted by atomic mass is 19.1. The van der Waals surface area contributed by atoms with Crippen molar-refractivity contribution in [2.75, 3.05) is 18.5 Å². The third-order valence-corrected chi connectivity index (χ3v) is 3.70. The molecule has 0 radical (unpaired) electrons. The number of hydrogen-bond donors (Lipinski definition) is 2. The minimum Gasteiger partial charge on any atom is -0.499 e. The zero-order valence-corrected chi connectivity index (χ0v) is 14.8. The van der Waals surface area contributed by atoms with Crippen LogP contribution in [0.15, 0.2) is 41.6 Å². The molecule has 2 N–H and O–H groups in total. The highest BCUT2D eigenvalue weighted by Gasteiger charge is 2.23. The van der Waals surface area contributed by atoms with Crippen LogP contribution >= 0.6 is 0 Å². The summed E-state index contributed by atoms with van der Waals surface area (Å²) in [4.78, 5) is 17.4. The minimum atomic E-state index is -0.918. The van der Waals surface area contributed by atoms with E-state index in [1.54, 1.807) is 13.0 Å². The van der Waals surface area contributed by atoms with E-state index >= 15 is 0 Å². The number of amides is 1. The van der Waals surface area contributed by atoms with Crippen molar-refractivity contribution < 1.29 is 27.7 Å². The van der Waals surface area contributed by atoms with Gasteiger partial charge in [-0.15, -0.1) is 5.10 Å². The Labute approximate surface area is 158 Å². The van der Waals surface area contributed by atoms with Crippen LogP contribution in [0.1, 0.15) is 15.9 Å². The molecule has 0 saturated heterocycles. The molecule has 1 heterocycles. The Hall–Kier alpha value is -3.53. The van der Waals surface area contributed by atoms with Crippen molar-refractivity contribution in [1.82, 2.24) is 15.9 Å². The van der Waals surface area contributed by atoms with E-state index in [4.69, 9.17) is 14.1 Å². The number of fused-ring (bicyclic) bond motifs is 1. The number of benzene rings is 2. The number of hydroxylamine groups is 1. The largest absolute Gasteiger partial charge is 0.499 e. The van der Waals surface area contributed by atoms with Gasteiger partial charge >= 0.3 is 0 Å². The zero-order chi connectivity index (χ0) is 20.1. The Balaban J connectivity index is 1.92. The summed E-state index contributed by atoms with van der Waals surface area (Å²) >= 11 is 0. The highest BCUT2D eigenvalue weighted by molar-refractivity contribution is 6.03. The van der Waals surface area contributed by atoms with Crippen molar-refractivity contribution >= 4 is 28.4 Å². The van der Waals surface area contributed by atoms with Crippen molar-refractivity contribution in [2.45, 2.75) is 6.92 Å². The van der Waals surface area contributed by atoms with E-state index in [-0.39, 0.29) is 41.3 Å². The Bertz CT molecular complexity index is 1020.